The van der Waals surface area contributed by atoms with Crippen LogP contribution in [0.1, 0.15) is 31.2 Å². The quantitative estimate of drug-likeness (QED) is 0.879. The van der Waals surface area contributed by atoms with Crippen molar-refractivity contribution in [2.24, 2.45) is 0 Å². The summed E-state index contributed by atoms with van der Waals surface area (Å²) in [5.41, 5.74) is 1.89. The van der Waals surface area contributed by atoms with Gasteiger partial charge in [0.2, 0.25) is 0 Å². The molecule has 1 heterocycles. The summed E-state index contributed by atoms with van der Waals surface area (Å²) >= 11 is 0. The first-order valence-electron chi connectivity index (χ1n) is 7.05. The third kappa shape index (κ3) is 4.24. The van der Waals surface area contributed by atoms with Crippen LogP contribution in [0, 0.1) is 0 Å². The van der Waals surface area contributed by atoms with E-state index in [2.05, 4.69) is 5.32 Å². The molecule has 0 radical (unpaired) electrons. The molecular weight excluding hydrogens is 240 g/mol. The normalized spacial score (nSPS) is 15.9. The number of carbonyl (C=O) groups is 1. The number of nitrogens with zero attached hydrogens (tertiary/aromatic N) is 1. The summed E-state index contributed by atoms with van der Waals surface area (Å²) in [6.07, 6.45) is 5.30. The standard InChI is InChI=1S/C15H22N2O2/c18-12-9-13-5-7-14(8-6-13)16-15(19)17-10-3-1-2-4-11-17/h5-8,18H,1-4,9-12H2,(H,16,19). The number of aliphatic hydroxyl groups excluding tert-OH is 1. The monoisotopic (exact) mass is 262 g/mol. The van der Waals surface area contributed by atoms with Crippen molar-refractivity contribution in [3.05, 3.63) is 29.8 Å². The van der Waals surface area contributed by atoms with E-state index in [0.717, 1.165) is 37.2 Å². The Kier molecular flexibility index (Phi) is 5.21. The molecule has 1 aromatic rings. The van der Waals surface area contributed by atoms with E-state index in [4.69, 9.17) is 5.11 Å². The van der Waals surface area contributed by atoms with Crippen LogP contribution >= 0.6 is 0 Å². The van der Waals surface area contributed by atoms with Crippen LogP contribution in [0.15, 0.2) is 24.3 Å². The lowest BCUT2D eigenvalue weighted by atomic mass is 10.1. The van der Waals surface area contributed by atoms with Crippen molar-refractivity contribution >= 4 is 11.7 Å². The summed E-state index contributed by atoms with van der Waals surface area (Å²) in [5.74, 6) is 0. The first kappa shape index (κ1) is 13.9. The molecule has 0 atom stereocenters. The summed E-state index contributed by atoms with van der Waals surface area (Å²) in [4.78, 5) is 14.0. The summed E-state index contributed by atoms with van der Waals surface area (Å²) in [5, 5.41) is 11.8. The molecule has 1 aliphatic rings. The van der Waals surface area contributed by atoms with Crippen LogP contribution in [-0.2, 0) is 6.42 Å². The van der Waals surface area contributed by atoms with Crippen LogP contribution in [0.2, 0.25) is 0 Å². The lowest BCUT2D eigenvalue weighted by molar-refractivity contribution is 0.214. The maximum absolute atomic E-state index is 12.1. The van der Waals surface area contributed by atoms with Gasteiger partial charge in [0.25, 0.3) is 0 Å². The van der Waals surface area contributed by atoms with Gasteiger partial charge in [-0.05, 0) is 37.0 Å². The molecule has 1 aliphatic heterocycles. The number of hydrogen-bond acceptors (Lipinski definition) is 2. The van der Waals surface area contributed by atoms with E-state index in [1.54, 1.807) is 0 Å². The van der Waals surface area contributed by atoms with Gasteiger partial charge in [-0.15, -0.1) is 0 Å². The molecule has 104 valence electrons. The topological polar surface area (TPSA) is 52.6 Å². The minimum absolute atomic E-state index is 0.00296. The zero-order valence-corrected chi connectivity index (χ0v) is 11.3. The van der Waals surface area contributed by atoms with Gasteiger partial charge in [0, 0.05) is 25.4 Å². The lowest BCUT2D eigenvalue weighted by Gasteiger charge is -2.20. The van der Waals surface area contributed by atoms with E-state index in [0.29, 0.717) is 6.42 Å². The molecule has 2 rings (SSSR count). The fourth-order valence-electron chi connectivity index (χ4n) is 2.36. The van der Waals surface area contributed by atoms with Gasteiger partial charge >= 0.3 is 6.03 Å². The van der Waals surface area contributed by atoms with Crippen molar-refractivity contribution in [2.45, 2.75) is 32.1 Å². The van der Waals surface area contributed by atoms with Gasteiger partial charge in [-0.1, -0.05) is 25.0 Å². The Labute approximate surface area is 114 Å². The highest BCUT2D eigenvalue weighted by atomic mass is 16.3. The van der Waals surface area contributed by atoms with Gasteiger partial charge in [0.05, 0.1) is 0 Å². The number of urea groups is 1. The Morgan fingerprint density at radius 3 is 2.32 bits per heavy atom. The molecule has 1 fully saturated rings. The van der Waals surface area contributed by atoms with Gasteiger partial charge in [-0.3, -0.25) is 0 Å². The molecule has 2 amide bonds. The number of likely N-dealkylation sites (tertiary alicyclic amines) is 1. The van der Waals surface area contributed by atoms with E-state index >= 15 is 0 Å². The lowest BCUT2D eigenvalue weighted by Crippen LogP contribution is -2.35. The largest absolute Gasteiger partial charge is 0.396 e. The first-order valence-corrected chi connectivity index (χ1v) is 7.05. The van der Waals surface area contributed by atoms with Crippen LogP contribution in [0.5, 0.6) is 0 Å². The van der Waals surface area contributed by atoms with Crippen LogP contribution in [0.3, 0.4) is 0 Å². The molecule has 1 saturated heterocycles. The van der Waals surface area contributed by atoms with E-state index in [-0.39, 0.29) is 12.6 Å². The smallest absolute Gasteiger partial charge is 0.321 e. The fraction of sp³-hybridized carbons (Fsp3) is 0.533. The molecule has 4 nitrogen and oxygen atoms in total. The van der Waals surface area contributed by atoms with Crippen molar-refractivity contribution in [2.75, 3.05) is 25.0 Å². The number of rotatable bonds is 3. The molecule has 0 spiro atoms. The van der Waals surface area contributed by atoms with Gasteiger partial charge < -0.3 is 15.3 Å². The van der Waals surface area contributed by atoms with Gasteiger partial charge in [-0.25, -0.2) is 4.79 Å². The summed E-state index contributed by atoms with van der Waals surface area (Å²) < 4.78 is 0. The third-order valence-electron chi connectivity index (χ3n) is 3.50. The second-order valence-corrected chi connectivity index (χ2v) is 5.00. The average Bonchev–Trinajstić information content (AvgIpc) is 2.70. The third-order valence-corrected chi connectivity index (χ3v) is 3.50. The highest BCUT2D eigenvalue weighted by Crippen LogP contribution is 2.14. The zero-order valence-electron chi connectivity index (χ0n) is 11.3. The fourth-order valence-corrected chi connectivity index (χ4v) is 2.36. The Hall–Kier alpha value is -1.55. The molecule has 0 saturated carbocycles. The Morgan fingerprint density at radius 1 is 1.11 bits per heavy atom. The van der Waals surface area contributed by atoms with Crippen LogP contribution < -0.4 is 5.32 Å². The van der Waals surface area contributed by atoms with Crippen molar-refractivity contribution in [3.8, 4) is 0 Å². The van der Waals surface area contributed by atoms with Crippen molar-refractivity contribution < 1.29 is 9.90 Å². The molecule has 0 aliphatic carbocycles. The number of carbonyl (C=O) groups excluding carboxylic acids is 1. The maximum atomic E-state index is 12.1. The number of amides is 2. The van der Waals surface area contributed by atoms with Crippen molar-refractivity contribution in [3.63, 3.8) is 0 Å². The minimum Gasteiger partial charge on any atom is -0.396 e. The maximum Gasteiger partial charge on any atom is 0.321 e. The Morgan fingerprint density at radius 2 is 1.74 bits per heavy atom. The van der Waals surface area contributed by atoms with Gasteiger partial charge in [0.15, 0.2) is 0 Å². The zero-order chi connectivity index (χ0) is 13.5. The van der Waals surface area contributed by atoms with Crippen molar-refractivity contribution in [1.29, 1.82) is 0 Å². The molecule has 0 aromatic heterocycles. The van der Waals surface area contributed by atoms with Crippen LogP contribution in [0.4, 0.5) is 10.5 Å². The number of aliphatic hydroxyl groups is 1. The second kappa shape index (κ2) is 7.14. The molecule has 0 unspecified atom stereocenters. The van der Waals surface area contributed by atoms with Gasteiger partial charge in [0.1, 0.15) is 0 Å². The molecule has 19 heavy (non-hydrogen) atoms. The molecule has 4 heteroatoms. The van der Waals surface area contributed by atoms with E-state index in [1.165, 1.54) is 12.8 Å². The number of hydrogen-bond donors (Lipinski definition) is 2. The summed E-state index contributed by atoms with van der Waals surface area (Å²) in [7, 11) is 0. The average molecular weight is 262 g/mol. The number of nitrogens with one attached hydrogen (secondary N) is 1. The second-order valence-electron chi connectivity index (χ2n) is 5.00. The van der Waals surface area contributed by atoms with E-state index < -0.39 is 0 Å². The number of benzene rings is 1. The SMILES string of the molecule is O=C(Nc1ccc(CCO)cc1)N1CCCCCC1. The molecular formula is C15H22N2O2. The van der Waals surface area contributed by atoms with E-state index in [1.807, 2.05) is 29.2 Å². The molecule has 1 aromatic carbocycles. The predicted octanol–water partition coefficient (Wildman–Crippen LogP) is 2.63. The highest BCUT2D eigenvalue weighted by Gasteiger charge is 2.15. The van der Waals surface area contributed by atoms with Gasteiger partial charge in [-0.2, -0.15) is 0 Å². The Balaban J connectivity index is 1.90. The van der Waals surface area contributed by atoms with E-state index in [9.17, 15) is 4.79 Å². The Bertz CT molecular complexity index is 395. The minimum atomic E-state index is -0.00296. The summed E-state index contributed by atoms with van der Waals surface area (Å²) in [6.45, 7) is 1.86. The highest BCUT2D eigenvalue weighted by molar-refractivity contribution is 5.89. The van der Waals surface area contributed by atoms with Crippen LogP contribution in [0.25, 0.3) is 0 Å². The predicted molar refractivity (Wildman–Crippen MR) is 76.3 cm³/mol. The van der Waals surface area contributed by atoms with Crippen LogP contribution in [-0.4, -0.2) is 35.7 Å². The van der Waals surface area contributed by atoms with Crippen molar-refractivity contribution in [1.82, 2.24) is 4.90 Å². The molecule has 2 N–H and O–H groups in total. The number of anilines is 1. The first-order chi connectivity index (χ1) is 9.29. The summed E-state index contributed by atoms with van der Waals surface area (Å²) in [6, 6.07) is 7.65. The molecule has 0 bridgehead atoms.